The maximum atomic E-state index is 12.8. The third-order valence-corrected chi connectivity index (χ3v) is 9.76. The summed E-state index contributed by atoms with van der Waals surface area (Å²) in [5.41, 5.74) is 9.01. The summed E-state index contributed by atoms with van der Waals surface area (Å²) in [6.07, 6.45) is 0. The summed E-state index contributed by atoms with van der Waals surface area (Å²) >= 11 is 0. The molecule has 1 aliphatic carbocycles. The quantitative estimate of drug-likeness (QED) is 0.365. The maximum absolute atomic E-state index is 12.8. The van der Waals surface area contributed by atoms with Gasteiger partial charge in [-0.15, -0.1) is 0 Å². The summed E-state index contributed by atoms with van der Waals surface area (Å²) in [7, 11) is -3.83. The molecule has 0 amide bonds. The third-order valence-electron chi connectivity index (χ3n) is 8.38. The molecule has 4 nitrogen and oxygen atoms in total. The summed E-state index contributed by atoms with van der Waals surface area (Å²) < 4.78 is 29.9. The van der Waals surface area contributed by atoms with Crippen LogP contribution in [0.15, 0.2) is 89.8 Å². The van der Waals surface area contributed by atoms with E-state index in [1.54, 1.807) is 24.3 Å². The van der Waals surface area contributed by atoms with Gasteiger partial charge in [-0.05, 0) is 54.2 Å². The standard InChI is InChI=1S/C21H21N2O2S.C10H20.CH4.ClH.Rh/c1-16-12-14-19(15-13-16)26(24,25)23-21(18-10-6-3-7-11-18)20(22)17-8-4-2-5-9-17;1-6-7(2)9(4)10(5)8(6)3;;;/h2-15,20-21H,22H2,1H3;6-10H,1-5H3;1H4;1H;/q-1;;;;+2/p-1/t20-,21-;;;;/m1..../s1. The molecule has 2 N–H and O–H groups in total. The van der Waals surface area contributed by atoms with Crippen molar-refractivity contribution in [3.8, 4) is 0 Å². The van der Waals surface area contributed by atoms with E-state index in [0.717, 1.165) is 46.3 Å². The molecule has 1 radical (unpaired) electrons. The first-order chi connectivity index (χ1) is 17.0. The van der Waals surface area contributed by atoms with Gasteiger partial charge in [-0.25, -0.2) is 8.42 Å². The van der Waals surface area contributed by atoms with Crippen molar-refractivity contribution in [2.75, 3.05) is 0 Å². The van der Waals surface area contributed by atoms with Crippen LogP contribution in [0.25, 0.3) is 4.72 Å². The fourth-order valence-electron chi connectivity index (χ4n) is 5.16. The van der Waals surface area contributed by atoms with E-state index in [4.69, 9.17) is 5.73 Å². The second-order valence-electron chi connectivity index (χ2n) is 10.5. The van der Waals surface area contributed by atoms with Crippen LogP contribution in [0.5, 0.6) is 0 Å². The number of benzene rings is 3. The fourth-order valence-corrected chi connectivity index (χ4v) is 6.31. The van der Waals surface area contributed by atoms with E-state index in [2.05, 4.69) is 39.3 Å². The van der Waals surface area contributed by atoms with Gasteiger partial charge < -0.3 is 22.9 Å². The number of hydrogen-bond acceptors (Lipinski definition) is 3. The fraction of sp³-hybridized carbons (Fsp3) is 0.438. The van der Waals surface area contributed by atoms with Gasteiger partial charge in [0.15, 0.2) is 0 Å². The Morgan fingerprint density at radius 3 is 1.41 bits per heavy atom. The Balaban J connectivity index is 0.000000949. The molecular weight excluding hydrogens is 615 g/mol. The summed E-state index contributed by atoms with van der Waals surface area (Å²) in [6, 6.07) is 24.1. The molecule has 3 aromatic rings. The Labute approximate surface area is 256 Å². The van der Waals surface area contributed by atoms with Gasteiger partial charge in [0.25, 0.3) is 0 Å². The topological polar surface area (TPSA) is 74.3 Å². The molecule has 217 valence electrons. The number of nitrogens with two attached hydrogens (primary N) is 1. The van der Waals surface area contributed by atoms with E-state index in [-0.39, 0.29) is 44.2 Å². The minimum atomic E-state index is -3.83. The zero-order chi connectivity index (χ0) is 26.5. The normalized spacial score (nSPS) is 23.5. The first kappa shape index (κ1) is 37.4. The molecule has 0 saturated heterocycles. The summed E-state index contributed by atoms with van der Waals surface area (Å²) in [4.78, 5) is 0.171. The largest absolute Gasteiger partial charge is 2.00 e. The van der Waals surface area contributed by atoms with E-state index in [1.165, 1.54) is 0 Å². The first-order valence-corrected chi connectivity index (χ1v) is 14.4. The number of rotatable bonds is 6. The molecule has 7 heteroatoms. The van der Waals surface area contributed by atoms with Gasteiger partial charge in [-0.2, -0.15) is 0 Å². The summed E-state index contributed by atoms with van der Waals surface area (Å²) in [5, 5.41) is 0. The Kier molecular flexibility index (Phi) is 16.0. The van der Waals surface area contributed by atoms with Crippen LogP contribution in [0.2, 0.25) is 0 Å². The van der Waals surface area contributed by atoms with Crippen LogP contribution in [0.3, 0.4) is 0 Å². The molecule has 0 aromatic heterocycles. The average Bonchev–Trinajstić information content (AvgIpc) is 3.06. The van der Waals surface area contributed by atoms with Crippen LogP contribution >= 0.6 is 0 Å². The summed E-state index contributed by atoms with van der Waals surface area (Å²) in [5.74, 6) is 4.68. The Hall–Kier alpha value is -1.56. The van der Waals surface area contributed by atoms with Gasteiger partial charge >= 0.3 is 19.5 Å². The predicted molar refractivity (Wildman–Crippen MR) is 157 cm³/mol. The monoisotopic (exact) mass is 659 g/mol. The molecule has 39 heavy (non-hydrogen) atoms. The van der Waals surface area contributed by atoms with Gasteiger partial charge in [-0.1, -0.05) is 132 Å². The molecule has 0 bridgehead atoms. The number of nitrogens with zero attached hydrogens (tertiary/aromatic N) is 1. The van der Waals surface area contributed by atoms with Crippen molar-refractivity contribution in [3.63, 3.8) is 0 Å². The second-order valence-corrected chi connectivity index (χ2v) is 12.1. The zero-order valence-corrected chi connectivity index (χ0v) is 26.3. The van der Waals surface area contributed by atoms with Crippen LogP contribution < -0.4 is 18.1 Å². The van der Waals surface area contributed by atoms with Crippen molar-refractivity contribution in [2.24, 2.45) is 35.3 Å². The van der Waals surface area contributed by atoms with Crippen molar-refractivity contribution in [2.45, 2.75) is 65.9 Å². The molecule has 1 aliphatic rings. The number of halogens is 1. The van der Waals surface area contributed by atoms with Gasteiger partial charge in [0.05, 0.1) is 0 Å². The van der Waals surface area contributed by atoms with Gasteiger partial charge in [-0.3, -0.25) is 0 Å². The van der Waals surface area contributed by atoms with Crippen molar-refractivity contribution in [1.82, 2.24) is 0 Å². The first-order valence-electron chi connectivity index (χ1n) is 12.9. The molecule has 3 aromatic carbocycles. The summed E-state index contributed by atoms with van der Waals surface area (Å²) in [6.45, 7) is 13.9. The van der Waals surface area contributed by atoms with E-state index in [1.807, 2.05) is 67.6 Å². The number of aryl methyl sites for hydroxylation is 1. The molecule has 1 fully saturated rings. The van der Waals surface area contributed by atoms with E-state index < -0.39 is 22.1 Å². The van der Waals surface area contributed by atoms with Crippen LogP contribution in [-0.4, -0.2) is 8.42 Å². The van der Waals surface area contributed by atoms with Crippen molar-refractivity contribution in [1.29, 1.82) is 0 Å². The molecule has 4 rings (SSSR count). The molecule has 0 heterocycles. The maximum Gasteiger partial charge on any atom is 2.00 e. The molecule has 1 saturated carbocycles. The van der Waals surface area contributed by atoms with Gasteiger partial charge in [0.1, 0.15) is 10.0 Å². The van der Waals surface area contributed by atoms with E-state index >= 15 is 0 Å². The second kappa shape index (κ2) is 16.6. The minimum absolute atomic E-state index is 0. The molecule has 0 spiro atoms. The van der Waals surface area contributed by atoms with E-state index in [9.17, 15) is 8.42 Å². The number of sulfonamides is 1. The minimum Gasteiger partial charge on any atom is -1.00 e. The predicted octanol–water partition coefficient (Wildman–Crippen LogP) is 5.32. The molecule has 0 unspecified atom stereocenters. The van der Waals surface area contributed by atoms with E-state index in [0.29, 0.717) is 0 Å². The number of hydrogen-bond donors (Lipinski definition) is 1. The SMILES string of the molecule is C.CC1C(C)C(C)C(C)C1C.Cc1ccc(S(=O)(=O)[N-][C@H](c2ccccc2)[C@H](N)c2ccccc2)cc1.[Cl-].[Rh+2]. The molecule has 2 atom stereocenters. The average molecular weight is 660 g/mol. The van der Waals surface area contributed by atoms with Gasteiger partial charge in [0.2, 0.25) is 0 Å². The molecule has 0 aliphatic heterocycles. The Bertz CT molecular complexity index is 1150. The third kappa shape index (κ3) is 9.50. The van der Waals surface area contributed by atoms with Crippen LogP contribution in [0, 0.1) is 36.5 Å². The Morgan fingerprint density at radius 1 is 0.667 bits per heavy atom. The van der Waals surface area contributed by atoms with Crippen molar-refractivity contribution < 1.29 is 40.3 Å². The van der Waals surface area contributed by atoms with Crippen LogP contribution in [-0.2, 0) is 29.5 Å². The smallest absolute Gasteiger partial charge is 1.00 e. The van der Waals surface area contributed by atoms with Gasteiger partial charge in [0, 0.05) is 10.9 Å². The van der Waals surface area contributed by atoms with Crippen molar-refractivity contribution in [3.05, 3.63) is 106 Å². The van der Waals surface area contributed by atoms with Crippen LogP contribution in [0.1, 0.15) is 70.8 Å². The Morgan fingerprint density at radius 2 is 1.03 bits per heavy atom. The van der Waals surface area contributed by atoms with Crippen LogP contribution in [0.4, 0.5) is 0 Å². The zero-order valence-electron chi connectivity index (χ0n) is 23.1. The van der Waals surface area contributed by atoms with Crippen molar-refractivity contribution >= 4 is 10.0 Å². The molecular formula is C32H45ClN2O2RhS.